The summed E-state index contributed by atoms with van der Waals surface area (Å²) in [5.41, 5.74) is 1.71. The van der Waals surface area contributed by atoms with Gasteiger partial charge in [0.15, 0.2) is 0 Å². The van der Waals surface area contributed by atoms with E-state index in [0.717, 1.165) is 0 Å². The number of nitrogens with one attached hydrogen (secondary N) is 1. The number of hydrogen-bond acceptors (Lipinski definition) is 5. The highest BCUT2D eigenvalue weighted by atomic mass is 35.5. The van der Waals surface area contributed by atoms with Crippen LogP contribution in [0.4, 0.5) is 11.4 Å². The Bertz CT molecular complexity index is 1160. The van der Waals surface area contributed by atoms with Crippen molar-refractivity contribution in [2.75, 3.05) is 5.32 Å². The Labute approximate surface area is 171 Å². The van der Waals surface area contributed by atoms with Crippen LogP contribution in [-0.4, -0.2) is 10.8 Å². The lowest BCUT2D eigenvalue weighted by Crippen LogP contribution is -2.13. The number of hydrogen-bond donors (Lipinski definition) is 1. The zero-order valence-electron chi connectivity index (χ0n) is 15.2. The Morgan fingerprint density at radius 3 is 2.55 bits per heavy atom. The fraction of sp³-hybridized carbons (Fsp3) is 0.0476. The van der Waals surface area contributed by atoms with E-state index in [1.165, 1.54) is 18.2 Å². The molecule has 0 fully saturated rings. The van der Waals surface area contributed by atoms with Crippen LogP contribution >= 0.6 is 11.6 Å². The number of benzene rings is 2. The molecule has 8 heteroatoms. The molecule has 0 unspecified atom stereocenters. The first kappa shape index (κ1) is 19.9. The maximum atomic E-state index is 12.3. The molecular formula is C21H14ClN3O4. The minimum atomic E-state index is -0.584. The zero-order valence-corrected chi connectivity index (χ0v) is 15.9. The van der Waals surface area contributed by atoms with Crippen LogP contribution in [0.25, 0.3) is 17.4 Å². The normalized spacial score (nSPS) is 11.0. The number of anilines is 1. The van der Waals surface area contributed by atoms with Gasteiger partial charge in [-0.15, -0.1) is 0 Å². The van der Waals surface area contributed by atoms with Crippen LogP contribution in [-0.2, 0) is 4.79 Å². The molecule has 0 aliphatic carbocycles. The number of carbonyl (C=O) groups is 1. The van der Waals surface area contributed by atoms with Gasteiger partial charge < -0.3 is 9.73 Å². The van der Waals surface area contributed by atoms with E-state index in [-0.39, 0.29) is 11.3 Å². The third kappa shape index (κ3) is 4.69. The topological polar surface area (TPSA) is 109 Å². The molecule has 1 amide bonds. The summed E-state index contributed by atoms with van der Waals surface area (Å²) in [5.74, 6) is 0.193. The molecule has 0 aliphatic heterocycles. The fourth-order valence-corrected chi connectivity index (χ4v) is 2.76. The number of aryl methyl sites for hydroxylation is 1. The van der Waals surface area contributed by atoms with Crippen molar-refractivity contribution in [3.05, 3.63) is 86.6 Å². The minimum absolute atomic E-state index is 0.0106. The van der Waals surface area contributed by atoms with Gasteiger partial charge in [0.1, 0.15) is 23.2 Å². The molecule has 0 atom stereocenters. The summed E-state index contributed by atoms with van der Waals surface area (Å²) >= 11 is 5.81. The number of nitriles is 1. The first-order valence-corrected chi connectivity index (χ1v) is 8.79. The molecule has 0 radical (unpaired) electrons. The monoisotopic (exact) mass is 407 g/mol. The second-order valence-electron chi connectivity index (χ2n) is 6.09. The Hall–Kier alpha value is -3.89. The summed E-state index contributed by atoms with van der Waals surface area (Å²) in [6, 6.07) is 16.1. The highest BCUT2D eigenvalue weighted by Crippen LogP contribution is 2.29. The largest absolute Gasteiger partial charge is 0.457 e. The highest BCUT2D eigenvalue weighted by Gasteiger charge is 2.14. The van der Waals surface area contributed by atoms with Crippen molar-refractivity contribution < 1.29 is 14.1 Å². The van der Waals surface area contributed by atoms with Crippen LogP contribution in [0, 0.1) is 28.4 Å². The molecule has 144 valence electrons. The van der Waals surface area contributed by atoms with Crippen LogP contribution in [0.1, 0.15) is 11.3 Å². The highest BCUT2D eigenvalue weighted by molar-refractivity contribution is 6.30. The first-order chi connectivity index (χ1) is 13.9. The summed E-state index contributed by atoms with van der Waals surface area (Å²) in [4.78, 5) is 22.7. The molecule has 1 heterocycles. The second-order valence-corrected chi connectivity index (χ2v) is 6.53. The van der Waals surface area contributed by atoms with Crippen molar-refractivity contribution in [1.29, 1.82) is 5.26 Å². The lowest BCUT2D eigenvalue weighted by Gasteiger charge is -2.04. The van der Waals surface area contributed by atoms with Crippen molar-refractivity contribution >= 4 is 35.0 Å². The van der Waals surface area contributed by atoms with E-state index >= 15 is 0 Å². The van der Waals surface area contributed by atoms with E-state index in [9.17, 15) is 20.2 Å². The zero-order chi connectivity index (χ0) is 21.0. The van der Waals surface area contributed by atoms with Gasteiger partial charge in [0.2, 0.25) is 0 Å². The Kier molecular flexibility index (Phi) is 5.77. The predicted molar refractivity (Wildman–Crippen MR) is 109 cm³/mol. The van der Waals surface area contributed by atoms with Crippen molar-refractivity contribution in [1.82, 2.24) is 0 Å². The lowest BCUT2D eigenvalue weighted by molar-refractivity contribution is -0.384. The summed E-state index contributed by atoms with van der Waals surface area (Å²) in [6.45, 7) is 1.74. The van der Waals surface area contributed by atoms with Gasteiger partial charge in [0.05, 0.1) is 4.92 Å². The molecule has 1 N–H and O–H groups in total. The third-order valence-electron chi connectivity index (χ3n) is 4.07. The van der Waals surface area contributed by atoms with E-state index in [1.54, 1.807) is 49.4 Å². The molecule has 3 aromatic rings. The molecular weight excluding hydrogens is 394 g/mol. The molecule has 0 aliphatic rings. The van der Waals surface area contributed by atoms with Crippen LogP contribution in [0.3, 0.4) is 0 Å². The number of carbonyl (C=O) groups excluding carboxylic acids is 1. The smallest absolute Gasteiger partial charge is 0.269 e. The second kappa shape index (κ2) is 8.42. The van der Waals surface area contributed by atoms with Crippen LogP contribution in [0.2, 0.25) is 5.02 Å². The average molecular weight is 408 g/mol. The fourth-order valence-electron chi connectivity index (χ4n) is 2.64. The van der Waals surface area contributed by atoms with Crippen LogP contribution in [0.15, 0.2) is 64.6 Å². The van der Waals surface area contributed by atoms with E-state index < -0.39 is 10.8 Å². The molecule has 2 aromatic carbocycles. The molecule has 7 nitrogen and oxygen atoms in total. The molecule has 0 saturated carbocycles. The van der Waals surface area contributed by atoms with Crippen molar-refractivity contribution in [2.24, 2.45) is 0 Å². The predicted octanol–water partition coefficient (Wildman–Crippen LogP) is 5.36. The summed E-state index contributed by atoms with van der Waals surface area (Å²) in [6.07, 6.45) is 1.33. The van der Waals surface area contributed by atoms with E-state index in [2.05, 4.69) is 5.32 Å². The number of nitro groups is 1. The quantitative estimate of drug-likeness (QED) is 0.265. The lowest BCUT2D eigenvalue weighted by atomic mass is 10.1. The maximum absolute atomic E-state index is 12.3. The SMILES string of the molecule is Cc1cc([N+](=O)[O-])ccc1-c1ccc(/C=C(/C#N)C(=O)Nc2ccc(Cl)cc2)o1. The standard InChI is InChI=1S/C21H14ClN3O4/c1-13-10-17(25(27)28)6-8-19(13)20-9-7-18(29-20)11-14(12-23)21(26)24-16-4-2-15(22)3-5-16/h2-11H,1H3,(H,24,26)/b14-11-. The number of nitro benzene ring substituents is 1. The van der Waals surface area contributed by atoms with E-state index in [4.69, 9.17) is 16.0 Å². The molecule has 1 aromatic heterocycles. The van der Waals surface area contributed by atoms with Crippen molar-refractivity contribution in [3.8, 4) is 17.4 Å². The Morgan fingerprint density at radius 1 is 1.21 bits per heavy atom. The molecule has 3 rings (SSSR count). The van der Waals surface area contributed by atoms with Gasteiger partial charge in [0.25, 0.3) is 11.6 Å². The number of non-ortho nitro benzene ring substituents is 1. The summed E-state index contributed by atoms with van der Waals surface area (Å²) < 4.78 is 5.70. The number of amides is 1. The summed E-state index contributed by atoms with van der Waals surface area (Å²) in [7, 11) is 0. The van der Waals surface area contributed by atoms with Gasteiger partial charge in [-0.3, -0.25) is 14.9 Å². The van der Waals surface area contributed by atoms with Crippen molar-refractivity contribution in [2.45, 2.75) is 6.92 Å². The van der Waals surface area contributed by atoms with Crippen LogP contribution < -0.4 is 5.32 Å². The van der Waals surface area contributed by atoms with E-state index in [0.29, 0.717) is 33.4 Å². The first-order valence-electron chi connectivity index (χ1n) is 8.41. The van der Waals surface area contributed by atoms with Gasteiger partial charge in [-0.2, -0.15) is 5.26 Å². The van der Waals surface area contributed by atoms with Crippen LogP contribution in [0.5, 0.6) is 0 Å². The molecule has 0 spiro atoms. The Balaban J connectivity index is 1.82. The summed E-state index contributed by atoms with van der Waals surface area (Å²) in [5, 5.41) is 23.3. The van der Waals surface area contributed by atoms with E-state index in [1.807, 2.05) is 6.07 Å². The van der Waals surface area contributed by atoms with Gasteiger partial charge >= 0.3 is 0 Å². The van der Waals surface area contributed by atoms with Gasteiger partial charge in [-0.25, -0.2) is 0 Å². The molecule has 29 heavy (non-hydrogen) atoms. The third-order valence-corrected chi connectivity index (χ3v) is 4.32. The van der Waals surface area contributed by atoms with Gasteiger partial charge in [-0.1, -0.05) is 11.6 Å². The molecule has 0 saturated heterocycles. The number of furan rings is 1. The number of nitrogens with zero attached hydrogens (tertiary/aromatic N) is 2. The minimum Gasteiger partial charge on any atom is -0.457 e. The number of rotatable bonds is 5. The van der Waals surface area contributed by atoms with Gasteiger partial charge in [0, 0.05) is 34.5 Å². The average Bonchev–Trinajstić information content (AvgIpc) is 3.16. The van der Waals surface area contributed by atoms with Gasteiger partial charge in [-0.05, 0) is 55.0 Å². The Morgan fingerprint density at radius 2 is 1.93 bits per heavy atom. The van der Waals surface area contributed by atoms with Crippen molar-refractivity contribution in [3.63, 3.8) is 0 Å². The maximum Gasteiger partial charge on any atom is 0.269 e. The number of halogens is 1. The molecule has 0 bridgehead atoms.